The molecule has 1 saturated carbocycles. The first-order valence-electron chi connectivity index (χ1n) is 9.16. The molecule has 2 heterocycles. The standard InChI is InChI=1S/C22H21N3O3/c26-20(21(27)10-11-21)25-19(16-6-2-1-3-7-16)22(28,17-8-4-12-23-14-17)18-9-5-13-24-15-18/h1-9,12-15,19,27-28H,10-11H2,(H,25,26)/t19-/m0/s1. The van der Waals surface area contributed by atoms with Gasteiger partial charge in [0.2, 0.25) is 0 Å². The fourth-order valence-corrected chi connectivity index (χ4v) is 3.36. The minimum atomic E-state index is -1.63. The number of aromatic nitrogens is 2. The largest absolute Gasteiger partial charge is 0.380 e. The van der Waals surface area contributed by atoms with Crippen molar-refractivity contribution < 1.29 is 15.0 Å². The van der Waals surface area contributed by atoms with Crippen molar-refractivity contribution >= 4 is 5.91 Å². The van der Waals surface area contributed by atoms with Crippen LogP contribution < -0.4 is 5.32 Å². The molecule has 0 bridgehead atoms. The van der Waals surface area contributed by atoms with Gasteiger partial charge in [-0.15, -0.1) is 0 Å². The summed E-state index contributed by atoms with van der Waals surface area (Å²) in [6.07, 6.45) is 7.21. The van der Waals surface area contributed by atoms with E-state index in [-0.39, 0.29) is 0 Å². The number of rotatable bonds is 6. The fraction of sp³-hybridized carbons (Fsp3) is 0.227. The van der Waals surface area contributed by atoms with Gasteiger partial charge in [0, 0.05) is 35.9 Å². The summed E-state index contributed by atoms with van der Waals surface area (Å²) in [7, 11) is 0. The van der Waals surface area contributed by atoms with E-state index < -0.39 is 23.2 Å². The van der Waals surface area contributed by atoms with Crippen LogP contribution in [-0.2, 0) is 10.4 Å². The third kappa shape index (κ3) is 3.28. The molecule has 142 valence electrons. The normalized spacial score (nSPS) is 16.2. The van der Waals surface area contributed by atoms with Crippen LogP contribution in [0.15, 0.2) is 79.4 Å². The Labute approximate surface area is 162 Å². The van der Waals surface area contributed by atoms with Gasteiger partial charge in [-0.3, -0.25) is 14.8 Å². The molecular formula is C22H21N3O3. The lowest BCUT2D eigenvalue weighted by Gasteiger charge is -2.38. The van der Waals surface area contributed by atoms with Crippen molar-refractivity contribution in [3.63, 3.8) is 0 Å². The second-order valence-corrected chi connectivity index (χ2v) is 7.10. The molecule has 4 rings (SSSR count). The van der Waals surface area contributed by atoms with Gasteiger partial charge in [-0.1, -0.05) is 42.5 Å². The number of nitrogens with one attached hydrogen (secondary N) is 1. The third-order valence-electron chi connectivity index (χ3n) is 5.18. The van der Waals surface area contributed by atoms with Gasteiger partial charge in [0.1, 0.15) is 11.2 Å². The zero-order valence-corrected chi connectivity index (χ0v) is 15.2. The van der Waals surface area contributed by atoms with Crippen LogP contribution in [0.2, 0.25) is 0 Å². The van der Waals surface area contributed by atoms with Crippen molar-refractivity contribution in [2.45, 2.75) is 30.1 Å². The maximum absolute atomic E-state index is 12.7. The van der Waals surface area contributed by atoms with Crippen LogP contribution in [0.3, 0.4) is 0 Å². The van der Waals surface area contributed by atoms with E-state index in [0.717, 1.165) is 0 Å². The van der Waals surface area contributed by atoms with Crippen LogP contribution in [0.25, 0.3) is 0 Å². The van der Waals surface area contributed by atoms with Gasteiger partial charge in [0.25, 0.3) is 5.91 Å². The highest BCUT2D eigenvalue weighted by Crippen LogP contribution is 2.42. The zero-order valence-electron chi connectivity index (χ0n) is 15.2. The molecule has 0 radical (unpaired) electrons. The molecule has 6 heteroatoms. The van der Waals surface area contributed by atoms with Crippen LogP contribution in [0, 0.1) is 0 Å². The van der Waals surface area contributed by atoms with Crippen molar-refractivity contribution in [2.75, 3.05) is 0 Å². The number of carbonyl (C=O) groups excluding carboxylic acids is 1. The molecule has 1 aliphatic rings. The predicted octanol–water partition coefficient (Wildman–Crippen LogP) is 2.09. The van der Waals surface area contributed by atoms with Crippen molar-refractivity contribution in [2.24, 2.45) is 0 Å². The molecule has 0 unspecified atom stereocenters. The van der Waals surface area contributed by atoms with Crippen LogP contribution in [0.4, 0.5) is 0 Å². The molecular weight excluding hydrogens is 354 g/mol. The first-order valence-corrected chi connectivity index (χ1v) is 9.16. The molecule has 1 amide bonds. The van der Waals surface area contributed by atoms with E-state index in [1.165, 1.54) is 0 Å². The summed E-state index contributed by atoms with van der Waals surface area (Å²) in [6, 6.07) is 15.3. The highest BCUT2D eigenvalue weighted by atomic mass is 16.3. The van der Waals surface area contributed by atoms with Crippen LogP contribution in [0.5, 0.6) is 0 Å². The minimum Gasteiger partial charge on any atom is -0.380 e. The Hall–Kier alpha value is -3.09. The van der Waals surface area contributed by atoms with E-state index in [4.69, 9.17) is 0 Å². The molecule has 1 fully saturated rings. The smallest absolute Gasteiger partial charge is 0.252 e. The van der Waals surface area contributed by atoms with E-state index in [9.17, 15) is 15.0 Å². The van der Waals surface area contributed by atoms with Crippen molar-refractivity contribution in [3.05, 3.63) is 96.1 Å². The average Bonchev–Trinajstić information content (AvgIpc) is 3.52. The van der Waals surface area contributed by atoms with Crippen LogP contribution >= 0.6 is 0 Å². The van der Waals surface area contributed by atoms with Gasteiger partial charge < -0.3 is 15.5 Å². The number of hydrogen-bond acceptors (Lipinski definition) is 5. The Morgan fingerprint density at radius 1 is 0.964 bits per heavy atom. The summed E-state index contributed by atoms with van der Waals surface area (Å²) in [6.45, 7) is 0. The highest BCUT2D eigenvalue weighted by Gasteiger charge is 2.51. The van der Waals surface area contributed by atoms with Gasteiger partial charge in [-0.25, -0.2) is 0 Å². The van der Waals surface area contributed by atoms with Gasteiger partial charge in [0.05, 0.1) is 6.04 Å². The zero-order chi connectivity index (χ0) is 19.6. The molecule has 2 aromatic heterocycles. The predicted molar refractivity (Wildman–Crippen MR) is 103 cm³/mol. The number of pyridine rings is 2. The summed E-state index contributed by atoms with van der Waals surface area (Å²) in [5.41, 5.74) is -1.27. The Balaban J connectivity index is 1.87. The summed E-state index contributed by atoms with van der Waals surface area (Å²) in [5.74, 6) is -0.493. The highest BCUT2D eigenvalue weighted by molar-refractivity contribution is 5.88. The SMILES string of the molecule is O=C(N[C@@H](c1ccccc1)C(O)(c1cccnc1)c1cccnc1)C1(O)CC1. The number of hydrogen-bond donors (Lipinski definition) is 3. The summed E-state index contributed by atoms with van der Waals surface area (Å²) < 4.78 is 0. The van der Waals surface area contributed by atoms with E-state index in [2.05, 4.69) is 15.3 Å². The number of nitrogens with zero attached hydrogens (tertiary/aromatic N) is 2. The molecule has 1 aromatic carbocycles. The third-order valence-corrected chi connectivity index (χ3v) is 5.18. The van der Waals surface area contributed by atoms with E-state index in [0.29, 0.717) is 29.5 Å². The van der Waals surface area contributed by atoms with Gasteiger partial charge in [-0.05, 0) is 30.5 Å². The second-order valence-electron chi connectivity index (χ2n) is 7.10. The summed E-state index contributed by atoms with van der Waals surface area (Å²) in [5, 5.41) is 25.2. The monoisotopic (exact) mass is 375 g/mol. The lowest BCUT2D eigenvalue weighted by molar-refractivity contribution is -0.134. The van der Waals surface area contributed by atoms with Crippen LogP contribution in [0.1, 0.15) is 35.6 Å². The first kappa shape index (κ1) is 18.3. The Bertz CT molecular complexity index is 905. The minimum absolute atomic E-state index is 0.415. The molecule has 0 aliphatic heterocycles. The number of carbonyl (C=O) groups is 1. The molecule has 0 spiro atoms. The topological polar surface area (TPSA) is 95.3 Å². The van der Waals surface area contributed by atoms with Crippen molar-refractivity contribution in [1.29, 1.82) is 0 Å². The number of amides is 1. The van der Waals surface area contributed by atoms with Crippen LogP contribution in [-0.4, -0.2) is 31.7 Å². The number of aliphatic hydroxyl groups is 2. The van der Waals surface area contributed by atoms with Crippen molar-refractivity contribution in [1.82, 2.24) is 15.3 Å². The maximum Gasteiger partial charge on any atom is 0.252 e. The lowest BCUT2D eigenvalue weighted by Crippen LogP contribution is -2.48. The quantitative estimate of drug-likeness (QED) is 0.613. The molecule has 0 saturated heterocycles. The fourth-order valence-electron chi connectivity index (χ4n) is 3.36. The van der Waals surface area contributed by atoms with Gasteiger partial charge in [0.15, 0.2) is 0 Å². The van der Waals surface area contributed by atoms with E-state index in [1.54, 1.807) is 49.1 Å². The van der Waals surface area contributed by atoms with E-state index >= 15 is 0 Å². The molecule has 1 aliphatic carbocycles. The molecule has 28 heavy (non-hydrogen) atoms. The molecule has 3 aromatic rings. The van der Waals surface area contributed by atoms with Crippen molar-refractivity contribution in [3.8, 4) is 0 Å². The summed E-state index contributed by atoms with van der Waals surface area (Å²) >= 11 is 0. The lowest BCUT2D eigenvalue weighted by atomic mass is 9.78. The Kier molecular flexibility index (Phi) is 4.66. The Morgan fingerprint density at radius 2 is 1.54 bits per heavy atom. The number of benzene rings is 1. The Morgan fingerprint density at radius 3 is 2.00 bits per heavy atom. The molecule has 1 atom stereocenters. The van der Waals surface area contributed by atoms with E-state index in [1.807, 2.05) is 30.3 Å². The summed E-state index contributed by atoms with van der Waals surface area (Å²) in [4.78, 5) is 21.0. The van der Waals surface area contributed by atoms with Gasteiger partial charge in [-0.2, -0.15) is 0 Å². The van der Waals surface area contributed by atoms with Gasteiger partial charge >= 0.3 is 0 Å². The molecule has 6 nitrogen and oxygen atoms in total. The average molecular weight is 375 g/mol. The molecule has 3 N–H and O–H groups in total. The first-order chi connectivity index (χ1) is 13.5. The second kappa shape index (κ2) is 7.14. The maximum atomic E-state index is 12.7.